The van der Waals surface area contributed by atoms with Gasteiger partial charge in [-0.3, -0.25) is 14.3 Å². The van der Waals surface area contributed by atoms with E-state index in [4.69, 9.17) is 11.6 Å². The Balaban J connectivity index is 2.00. The van der Waals surface area contributed by atoms with Crippen molar-refractivity contribution >= 4 is 34.7 Å². The molecule has 0 unspecified atom stereocenters. The zero-order valence-electron chi connectivity index (χ0n) is 14.0. The molecule has 0 N–H and O–H groups in total. The minimum atomic E-state index is -0.496. The highest BCUT2D eigenvalue weighted by atomic mass is 35.5. The smallest absolute Gasteiger partial charge is 0.266 e. The van der Waals surface area contributed by atoms with E-state index in [1.807, 2.05) is 18.2 Å². The Labute approximate surface area is 159 Å². The number of benzene rings is 2. The maximum absolute atomic E-state index is 13.7. The van der Waals surface area contributed by atoms with Crippen LogP contribution < -0.4 is 5.56 Å². The Kier molecular flexibility index (Phi) is 4.52. The second-order valence-electron chi connectivity index (χ2n) is 5.81. The lowest BCUT2D eigenvalue weighted by atomic mass is 10.2. The molecule has 0 radical (unpaired) electrons. The summed E-state index contributed by atoms with van der Waals surface area (Å²) in [5.74, 6) is -0.123. The Morgan fingerprint density at radius 1 is 1.00 bits per heavy atom. The molecular formula is C21H13ClFN3O. The van der Waals surface area contributed by atoms with Crippen LogP contribution in [-0.4, -0.2) is 14.5 Å². The van der Waals surface area contributed by atoms with Crippen molar-refractivity contribution in [1.29, 1.82) is 0 Å². The van der Waals surface area contributed by atoms with Gasteiger partial charge in [0.15, 0.2) is 0 Å². The SMILES string of the molecule is O=c1c2cc(F)ccc2nc(C=Cc2ccccn2)n1-c1ccccc1Cl. The van der Waals surface area contributed by atoms with Crippen LogP contribution in [0.5, 0.6) is 0 Å². The first kappa shape index (κ1) is 17.1. The van der Waals surface area contributed by atoms with E-state index >= 15 is 0 Å². The van der Waals surface area contributed by atoms with E-state index in [0.29, 0.717) is 22.1 Å². The molecule has 6 heteroatoms. The molecule has 0 saturated heterocycles. The van der Waals surface area contributed by atoms with Gasteiger partial charge in [0.1, 0.15) is 11.6 Å². The van der Waals surface area contributed by atoms with Gasteiger partial charge in [0.25, 0.3) is 5.56 Å². The lowest BCUT2D eigenvalue weighted by Gasteiger charge is -2.12. The zero-order chi connectivity index (χ0) is 18.8. The van der Waals surface area contributed by atoms with Crippen LogP contribution in [0.2, 0.25) is 5.02 Å². The molecule has 0 atom stereocenters. The number of hydrogen-bond acceptors (Lipinski definition) is 3. The number of rotatable bonds is 3. The lowest BCUT2D eigenvalue weighted by Crippen LogP contribution is -2.22. The summed E-state index contributed by atoms with van der Waals surface area (Å²) in [5.41, 5.74) is 1.21. The molecule has 0 aliphatic heterocycles. The van der Waals surface area contributed by atoms with Gasteiger partial charge in [-0.15, -0.1) is 0 Å². The van der Waals surface area contributed by atoms with Crippen LogP contribution in [0.4, 0.5) is 4.39 Å². The largest absolute Gasteiger partial charge is 0.268 e. The molecule has 27 heavy (non-hydrogen) atoms. The summed E-state index contributed by atoms with van der Waals surface area (Å²) in [6.07, 6.45) is 5.12. The number of halogens is 2. The second-order valence-corrected chi connectivity index (χ2v) is 6.22. The topological polar surface area (TPSA) is 47.8 Å². The van der Waals surface area contributed by atoms with Gasteiger partial charge < -0.3 is 0 Å². The van der Waals surface area contributed by atoms with Crippen molar-refractivity contribution in [3.8, 4) is 5.69 Å². The first-order valence-electron chi connectivity index (χ1n) is 8.20. The van der Waals surface area contributed by atoms with Crippen molar-refractivity contribution in [2.75, 3.05) is 0 Å². The maximum Gasteiger partial charge on any atom is 0.266 e. The third-order valence-corrected chi connectivity index (χ3v) is 4.36. The van der Waals surface area contributed by atoms with E-state index < -0.39 is 11.4 Å². The highest BCUT2D eigenvalue weighted by molar-refractivity contribution is 6.32. The average Bonchev–Trinajstić information content (AvgIpc) is 2.69. The summed E-state index contributed by atoms with van der Waals surface area (Å²) in [5, 5.41) is 0.578. The van der Waals surface area contributed by atoms with Gasteiger partial charge in [0, 0.05) is 6.20 Å². The first-order chi connectivity index (χ1) is 13.1. The molecular weight excluding hydrogens is 365 g/mol. The van der Waals surface area contributed by atoms with Gasteiger partial charge >= 0.3 is 0 Å². The fourth-order valence-corrected chi connectivity index (χ4v) is 3.01. The van der Waals surface area contributed by atoms with E-state index in [9.17, 15) is 9.18 Å². The fourth-order valence-electron chi connectivity index (χ4n) is 2.79. The molecule has 2 aromatic carbocycles. The molecule has 0 saturated carbocycles. The number of nitrogens with zero attached hydrogens (tertiary/aromatic N) is 3. The van der Waals surface area contributed by atoms with Crippen LogP contribution in [0.15, 0.2) is 71.7 Å². The maximum atomic E-state index is 13.7. The molecule has 2 heterocycles. The van der Waals surface area contributed by atoms with Crippen LogP contribution >= 0.6 is 11.6 Å². The fraction of sp³-hybridized carbons (Fsp3) is 0. The Morgan fingerprint density at radius 3 is 2.59 bits per heavy atom. The molecule has 4 nitrogen and oxygen atoms in total. The Bertz CT molecular complexity index is 1220. The van der Waals surface area contributed by atoms with Crippen LogP contribution in [0.3, 0.4) is 0 Å². The predicted octanol–water partition coefficient (Wildman–Crippen LogP) is 4.74. The van der Waals surface area contributed by atoms with Crippen LogP contribution in [0.1, 0.15) is 11.5 Å². The van der Waals surface area contributed by atoms with Gasteiger partial charge in [0.05, 0.1) is 27.3 Å². The molecule has 0 fully saturated rings. The van der Waals surface area contributed by atoms with E-state index in [1.165, 1.54) is 22.8 Å². The van der Waals surface area contributed by atoms with Crippen molar-refractivity contribution in [1.82, 2.24) is 14.5 Å². The molecule has 132 valence electrons. The van der Waals surface area contributed by atoms with Crippen LogP contribution in [0, 0.1) is 5.82 Å². The van der Waals surface area contributed by atoms with Gasteiger partial charge in [-0.25, -0.2) is 9.37 Å². The standard InChI is InChI=1S/C21H13ClFN3O/c22-17-6-1-2-7-19(17)26-20(11-9-15-5-3-4-12-24-15)25-18-10-8-14(23)13-16(18)21(26)27/h1-13H. The van der Waals surface area contributed by atoms with Crippen LogP contribution in [-0.2, 0) is 0 Å². The van der Waals surface area contributed by atoms with Gasteiger partial charge in [-0.2, -0.15) is 0 Å². The van der Waals surface area contributed by atoms with Crippen molar-refractivity contribution in [2.24, 2.45) is 0 Å². The van der Waals surface area contributed by atoms with Crippen molar-refractivity contribution in [2.45, 2.75) is 0 Å². The summed E-state index contributed by atoms with van der Waals surface area (Å²) in [4.78, 5) is 21.9. The third-order valence-electron chi connectivity index (χ3n) is 4.04. The van der Waals surface area contributed by atoms with Crippen molar-refractivity contribution in [3.05, 3.63) is 99.6 Å². The second kappa shape index (κ2) is 7.13. The summed E-state index contributed by atoms with van der Waals surface area (Å²) in [6, 6.07) is 16.4. The normalized spacial score (nSPS) is 11.3. The zero-order valence-corrected chi connectivity index (χ0v) is 14.8. The molecule has 4 rings (SSSR count). The van der Waals surface area contributed by atoms with Crippen molar-refractivity contribution in [3.63, 3.8) is 0 Å². The first-order valence-corrected chi connectivity index (χ1v) is 8.57. The van der Waals surface area contributed by atoms with E-state index in [0.717, 1.165) is 5.69 Å². The molecule has 0 bridgehead atoms. The lowest BCUT2D eigenvalue weighted by molar-refractivity contribution is 0.629. The van der Waals surface area contributed by atoms with Gasteiger partial charge in [-0.1, -0.05) is 29.8 Å². The molecule has 0 aliphatic rings. The molecule has 0 spiro atoms. The highest BCUT2D eigenvalue weighted by Gasteiger charge is 2.14. The van der Waals surface area contributed by atoms with Gasteiger partial charge in [-0.05, 0) is 54.6 Å². The average molecular weight is 378 g/mol. The quantitative estimate of drug-likeness (QED) is 0.518. The predicted molar refractivity (Wildman–Crippen MR) is 105 cm³/mol. The molecule has 4 aromatic rings. The summed E-state index contributed by atoms with van der Waals surface area (Å²) >= 11 is 6.30. The van der Waals surface area contributed by atoms with E-state index in [-0.39, 0.29) is 5.39 Å². The number of aromatic nitrogens is 3. The third kappa shape index (κ3) is 3.37. The monoisotopic (exact) mass is 377 g/mol. The van der Waals surface area contributed by atoms with Crippen molar-refractivity contribution < 1.29 is 4.39 Å². The van der Waals surface area contributed by atoms with E-state index in [1.54, 1.807) is 42.6 Å². The Hall–Kier alpha value is -3.31. The summed E-state index contributed by atoms with van der Waals surface area (Å²) in [7, 11) is 0. The minimum Gasteiger partial charge on any atom is -0.268 e. The van der Waals surface area contributed by atoms with Crippen LogP contribution in [0.25, 0.3) is 28.7 Å². The molecule has 0 amide bonds. The summed E-state index contributed by atoms with van der Waals surface area (Å²) in [6.45, 7) is 0. The minimum absolute atomic E-state index is 0.185. The highest BCUT2D eigenvalue weighted by Crippen LogP contribution is 2.22. The van der Waals surface area contributed by atoms with Gasteiger partial charge in [0.2, 0.25) is 0 Å². The molecule has 2 aromatic heterocycles. The number of para-hydroxylation sites is 1. The number of pyridine rings is 1. The van der Waals surface area contributed by atoms with E-state index in [2.05, 4.69) is 9.97 Å². The number of hydrogen-bond donors (Lipinski definition) is 0. The molecule has 0 aliphatic carbocycles. The Morgan fingerprint density at radius 2 is 1.81 bits per heavy atom. The number of fused-ring (bicyclic) bond motifs is 1. The summed E-state index contributed by atoms with van der Waals surface area (Å²) < 4.78 is 15.1.